The molecule has 0 aliphatic rings. The van der Waals surface area contributed by atoms with E-state index in [9.17, 15) is 9.59 Å². The van der Waals surface area contributed by atoms with E-state index >= 15 is 0 Å². The number of nitrogens with one attached hydrogen (secondary N) is 2. The fourth-order valence-electron chi connectivity index (χ4n) is 3.11. The third-order valence-electron chi connectivity index (χ3n) is 4.73. The van der Waals surface area contributed by atoms with Crippen LogP contribution in [-0.2, 0) is 13.2 Å². The van der Waals surface area contributed by atoms with Gasteiger partial charge in [0.2, 0.25) is 0 Å². The topological polar surface area (TPSA) is 80.6 Å². The van der Waals surface area contributed by atoms with Crippen molar-refractivity contribution in [3.63, 3.8) is 0 Å². The van der Waals surface area contributed by atoms with Gasteiger partial charge < -0.3 is 19.8 Å². The first-order valence-electron chi connectivity index (χ1n) is 10.2. The van der Waals surface area contributed by atoms with Crippen molar-refractivity contribution in [1.82, 2.24) is 5.32 Å². The Morgan fingerprint density at radius 1 is 0.781 bits per heavy atom. The Hall–Kier alpha value is -4.32. The van der Waals surface area contributed by atoms with E-state index in [4.69, 9.17) is 9.15 Å². The summed E-state index contributed by atoms with van der Waals surface area (Å²) in [5.41, 5.74) is 3.04. The van der Waals surface area contributed by atoms with Gasteiger partial charge in [0.1, 0.15) is 12.4 Å². The second-order valence-corrected chi connectivity index (χ2v) is 7.12. The molecule has 0 fully saturated rings. The average Bonchev–Trinajstić information content (AvgIpc) is 3.38. The van der Waals surface area contributed by atoms with Gasteiger partial charge >= 0.3 is 0 Å². The minimum absolute atomic E-state index is 0.208. The number of hydrogen-bond donors (Lipinski definition) is 2. The lowest BCUT2D eigenvalue weighted by atomic mass is 10.1. The zero-order chi connectivity index (χ0) is 22.2. The molecule has 0 aliphatic heterocycles. The normalized spacial score (nSPS) is 10.4. The molecule has 0 unspecified atom stereocenters. The van der Waals surface area contributed by atoms with E-state index in [-0.39, 0.29) is 17.6 Å². The molecule has 0 aliphatic carbocycles. The largest absolute Gasteiger partial charge is 0.489 e. The Bertz CT molecular complexity index is 1190. The SMILES string of the molecule is O=C(NCc1cccc(NC(=O)c2ccco2)c1)c1cccc(OCc2ccccc2)c1. The Labute approximate surface area is 185 Å². The first-order valence-corrected chi connectivity index (χ1v) is 10.2. The fraction of sp³-hybridized carbons (Fsp3) is 0.0769. The number of benzene rings is 3. The number of hydrogen-bond acceptors (Lipinski definition) is 4. The van der Waals surface area contributed by atoms with Gasteiger partial charge in [0.15, 0.2) is 5.76 Å². The van der Waals surface area contributed by atoms with Gasteiger partial charge in [-0.3, -0.25) is 9.59 Å². The number of ether oxygens (including phenoxy) is 1. The third-order valence-corrected chi connectivity index (χ3v) is 4.73. The minimum Gasteiger partial charge on any atom is -0.489 e. The predicted molar refractivity (Wildman–Crippen MR) is 121 cm³/mol. The second kappa shape index (κ2) is 10.1. The highest BCUT2D eigenvalue weighted by molar-refractivity contribution is 6.02. The molecule has 1 heterocycles. The number of anilines is 1. The number of amides is 2. The molecule has 4 aromatic rings. The maximum Gasteiger partial charge on any atom is 0.291 e. The van der Waals surface area contributed by atoms with Crippen LogP contribution in [0.25, 0.3) is 0 Å². The summed E-state index contributed by atoms with van der Waals surface area (Å²) < 4.78 is 10.9. The first-order chi connectivity index (χ1) is 15.7. The van der Waals surface area contributed by atoms with Crippen LogP contribution in [0.1, 0.15) is 32.0 Å². The average molecular weight is 426 g/mol. The highest BCUT2D eigenvalue weighted by atomic mass is 16.5. The van der Waals surface area contributed by atoms with Crippen molar-refractivity contribution in [2.75, 3.05) is 5.32 Å². The molecule has 32 heavy (non-hydrogen) atoms. The smallest absolute Gasteiger partial charge is 0.291 e. The van der Waals surface area contributed by atoms with E-state index in [1.165, 1.54) is 6.26 Å². The zero-order valence-electron chi connectivity index (χ0n) is 17.3. The predicted octanol–water partition coefficient (Wildman–Crippen LogP) is 5.04. The molecule has 6 heteroatoms. The molecular weight excluding hydrogens is 404 g/mol. The summed E-state index contributed by atoms with van der Waals surface area (Å²) in [6.45, 7) is 0.751. The van der Waals surface area contributed by atoms with Crippen LogP contribution in [0, 0.1) is 0 Å². The number of rotatable bonds is 8. The summed E-state index contributed by atoms with van der Waals surface area (Å²) >= 11 is 0. The Balaban J connectivity index is 1.33. The molecule has 0 atom stereocenters. The molecule has 0 spiro atoms. The van der Waals surface area contributed by atoms with Crippen LogP contribution in [-0.4, -0.2) is 11.8 Å². The highest BCUT2D eigenvalue weighted by Gasteiger charge is 2.10. The molecule has 2 amide bonds. The summed E-state index contributed by atoms with van der Waals surface area (Å²) in [4.78, 5) is 24.7. The van der Waals surface area contributed by atoms with Crippen molar-refractivity contribution in [3.05, 3.63) is 120 Å². The van der Waals surface area contributed by atoms with Crippen LogP contribution in [0.5, 0.6) is 5.75 Å². The lowest BCUT2D eigenvalue weighted by molar-refractivity contribution is 0.0949. The van der Waals surface area contributed by atoms with Crippen LogP contribution >= 0.6 is 0 Å². The number of carbonyl (C=O) groups excluding carboxylic acids is 2. The van der Waals surface area contributed by atoms with Gasteiger partial charge in [0, 0.05) is 17.8 Å². The van der Waals surface area contributed by atoms with Crippen LogP contribution in [0.4, 0.5) is 5.69 Å². The van der Waals surface area contributed by atoms with Crippen molar-refractivity contribution >= 4 is 17.5 Å². The van der Waals surface area contributed by atoms with E-state index in [1.54, 1.807) is 42.5 Å². The molecular formula is C26H22N2O4. The minimum atomic E-state index is -0.330. The maximum atomic E-state index is 12.6. The van der Waals surface area contributed by atoms with E-state index in [0.29, 0.717) is 30.2 Å². The van der Waals surface area contributed by atoms with Crippen molar-refractivity contribution in [3.8, 4) is 5.75 Å². The van der Waals surface area contributed by atoms with E-state index in [0.717, 1.165) is 11.1 Å². The van der Waals surface area contributed by atoms with Crippen molar-refractivity contribution < 1.29 is 18.7 Å². The monoisotopic (exact) mass is 426 g/mol. The Morgan fingerprint density at radius 2 is 1.59 bits per heavy atom. The zero-order valence-corrected chi connectivity index (χ0v) is 17.3. The van der Waals surface area contributed by atoms with Crippen LogP contribution in [0.15, 0.2) is 102 Å². The highest BCUT2D eigenvalue weighted by Crippen LogP contribution is 2.16. The van der Waals surface area contributed by atoms with E-state index in [1.807, 2.05) is 48.5 Å². The molecule has 0 radical (unpaired) electrons. The molecule has 0 bridgehead atoms. The van der Waals surface area contributed by atoms with Gasteiger partial charge in [-0.1, -0.05) is 48.5 Å². The second-order valence-electron chi connectivity index (χ2n) is 7.12. The van der Waals surface area contributed by atoms with Crippen LogP contribution in [0.2, 0.25) is 0 Å². The standard InChI is InChI=1S/C26H22N2O4/c29-25(21-10-5-12-23(16-21)32-18-19-7-2-1-3-8-19)27-17-20-9-4-11-22(15-20)28-26(30)24-13-6-14-31-24/h1-16H,17-18H2,(H,27,29)(H,28,30). The molecule has 0 saturated heterocycles. The van der Waals surface area contributed by atoms with Gasteiger partial charge in [-0.15, -0.1) is 0 Å². The van der Waals surface area contributed by atoms with Gasteiger partial charge in [-0.05, 0) is 53.6 Å². The van der Waals surface area contributed by atoms with Crippen LogP contribution < -0.4 is 15.4 Å². The Kier molecular flexibility index (Phi) is 6.63. The summed E-state index contributed by atoms with van der Waals surface area (Å²) in [5, 5.41) is 5.68. The number of carbonyl (C=O) groups is 2. The van der Waals surface area contributed by atoms with Gasteiger partial charge in [-0.2, -0.15) is 0 Å². The summed E-state index contributed by atoms with van der Waals surface area (Å²) in [5.74, 6) is 0.325. The fourth-order valence-corrected chi connectivity index (χ4v) is 3.11. The van der Waals surface area contributed by atoms with E-state index in [2.05, 4.69) is 10.6 Å². The maximum absolute atomic E-state index is 12.6. The Morgan fingerprint density at radius 3 is 2.41 bits per heavy atom. The van der Waals surface area contributed by atoms with Crippen molar-refractivity contribution in [2.24, 2.45) is 0 Å². The van der Waals surface area contributed by atoms with Crippen molar-refractivity contribution in [1.29, 1.82) is 0 Å². The third kappa shape index (κ3) is 5.64. The molecule has 3 aromatic carbocycles. The van der Waals surface area contributed by atoms with Crippen molar-refractivity contribution in [2.45, 2.75) is 13.2 Å². The van der Waals surface area contributed by atoms with Gasteiger partial charge in [0.05, 0.1) is 6.26 Å². The molecule has 0 saturated carbocycles. The molecule has 1 aromatic heterocycles. The lowest BCUT2D eigenvalue weighted by Crippen LogP contribution is -2.22. The lowest BCUT2D eigenvalue weighted by Gasteiger charge is -2.10. The van der Waals surface area contributed by atoms with Crippen LogP contribution in [0.3, 0.4) is 0 Å². The quantitative estimate of drug-likeness (QED) is 0.414. The summed E-state index contributed by atoms with van der Waals surface area (Å²) in [7, 11) is 0. The number of furan rings is 1. The van der Waals surface area contributed by atoms with Gasteiger partial charge in [0.25, 0.3) is 11.8 Å². The molecule has 2 N–H and O–H groups in total. The summed E-state index contributed by atoms with van der Waals surface area (Å²) in [6.07, 6.45) is 1.45. The van der Waals surface area contributed by atoms with Gasteiger partial charge in [-0.25, -0.2) is 0 Å². The first kappa shape index (κ1) is 20.9. The molecule has 160 valence electrons. The molecule has 6 nitrogen and oxygen atoms in total. The molecule has 4 rings (SSSR count). The van der Waals surface area contributed by atoms with E-state index < -0.39 is 0 Å². The summed E-state index contributed by atoms with van der Waals surface area (Å²) in [6, 6.07) is 27.5.